The maximum absolute atomic E-state index is 5.93. The van der Waals surface area contributed by atoms with Crippen LogP contribution in [0.5, 0.6) is 0 Å². The van der Waals surface area contributed by atoms with Crippen molar-refractivity contribution in [1.82, 2.24) is 19.5 Å². The van der Waals surface area contributed by atoms with Gasteiger partial charge in [-0.05, 0) is 48.2 Å². The zero-order valence-corrected chi connectivity index (χ0v) is 19.1. The van der Waals surface area contributed by atoms with E-state index in [0.29, 0.717) is 5.71 Å². The van der Waals surface area contributed by atoms with E-state index < -0.39 is 0 Å². The number of aromatic nitrogens is 4. The van der Waals surface area contributed by atoms with Crippen molar-refractivity contribution >= 4 is 33.1 Å². The monoisotopic (exact) mass is 432 g/mol. The standard InChI is InChI=1S/C28H24N4O/c1-17-13-23-24(16-29-17)32(20-11-9-19(10-12-20)28(2,3)4)26(31-23)18-14-22-21-7-5-6-8-25(21)33-27(22)30-15-18/h5-16H,1-4H3. The highest BCUT2D eigenvalue weighted by atomic mass is 16.3. The number of hydrogen-bond donors (Lipinski definition) is 0. The lowest BCUT2D eigenvalue weighted by molar-refractivity contribution is 0.590. The van der Waals surface area contributed by atoms with Crippen molar-refractivity contribution in [2.45, 2.75) is 33.1 Å². The molecule has 4 aromatic heterocycles. The SMILES string of the molecule is Cc1cc2nc(-c3cnc4oc5ccccc5c4c3)n(-c3ccc(C(C)(C)C)cc3)c2cn1. The minimum absolute atomic E-state index is 0.0916. The predicted octanol–water partition coefficient (Wildman–Crippen LogP) is 6.99. The molecule has 0 spiro atoms. The summed E-state index contributed by atoms with van der Waals surface area (Å²) in [6.07, 6.45) is 3.74. The van der Waals surface area contributed by atoms with E-state index in [2.05, 4.69) is 71.7 Å². The molecule has 5 nitrogen and oxygen atoms in total. The fraction of sp³-hybridized carbons (Fsp3) is 0.179. The second-order valence-corrected chi connectivity index (χ2v) is 9.56. The molecule has 0 radical (unpaired) electrons. The molecule has 0 unspecified atom stereocenters. The van der Waals surface area contributed by atoms with Crippen LogP contribution in [0, 0.1) is 6.92 Å². The van der Waals surface area contributed by atoms with Crippen LogP contribution in [0.3, 0.4) is 0 Å². The van der Waals surface area contributed by atoms with Crippen LogP contribution in [0.2, 0.25) is 0 Å². The number of hydrogen-bond acceptors (Lipinski definition) is 4. The fourth-order valence-electron chi connectivity index (χ4n) is 4.37. The number of pyridine rings is 2. The van der Waals surface area contributed by atoms with Crippen molar-refractivity contribution in [3.05, 3.63) is 84.3 Å². The van der Waals surface area contributed by atoms with E-state index in [1.807, 2.05) is 43.6 Å². The Balaban J connectivity index is 1.60. The van der Waals surface area contributed by atoms with Gasteiger partial charge in [0.05, 0.1) is 17.2 Å². The van der Waals surface area contributed by atoms with E-state index >= 15 is 0 Å². The first-order valence-electron chi connectivity index (χ1n) is 11.1. The van der Waals surface area contributed by atoms with Crippen LogP contribution in [-0.2, 0) is 5.41 Å². The van der Waals surface area contributed by atoms with Crippen LogP contribution >= 0.6 is 0 Å². The van der Waals surface area contributed by atoms with E-state index in [0.717, 1.165) is 50.2 Å². The average Bonchev–Trinajstić information content (AvgIpc) is 3.36. The number of imidazole rings is 1. The lowest BCUT2D eigenvalue weighted by atomic mass is 9.87. The molecule has 0 fully saturated rings. The average molecular weight is 433 g/mol. The van der Waals surface area contributed by atoms with Gasteiger partial charge in [-0.2, -0.15) is 0 Å². The van der Waals surface area contributed by atoms with Gasteiger partial charge in [0, 0.05) is 33.9 Å². The quantitative estimate of drug-likeness (QED) is 0.296. The third kappa shape index (κ3) is 3.20. The first kappa shape index (κ1) is 19.7. The van der Waals surface area contributed by atoms with E-state index in [1.165, 1.54) is 5.56 Å². The Hall–Kier alpha value is -3.99. The Kier molecular flexibility index (Phi) is 4.18. The van der Waals surface area contributed by atoms with Crippen LogP contribution in [-0.4, -0.2) is 19.5 Å². The Morgan fingerprint density at radius 2 is 1.64 bits per heavy atom. The topological polar surface area (TPSA) is 56.7 Å². The van der Waals surface area contributed by atoms with Gasteiger partial charge in [0.15, 0.2) is 0 Å². The van der Waals surface area contributed by atoms with Crippen molar-refractivity contribution in [1.29, 1.82) is 0 Å². The van der Waals surface area contributed by atoms with E-state index in [-0.39, 0.29) is 5.41 Å². The molecule has 5 heteroatoms. The van der Waals surface area contributed by atoms with E-state index in [4.69, 9.17) is 9.40 Å². The van der Waals surface area contributed by atoms with Gasteiger partial charge in [-0.15, -0.1) is 0 Å². The minimum atomic E-state index is 0.0916. The van der Waals surface area contributed by atoms with Gasteiger partial charge in [-0.1, -0.05) is 51.1 Å². The summed E-state index contributed by atoms with van der Waals surface area (Å²) in [6.45, 7) is 8.66. The van der Waals surface area contributed by atoms with Gasteiger partial charge in [0.25, 0.3) is 0 Å². The molecule has 2 aromatic carbocycles. The number of nitrogens with zero attached hydrogens (tertiary/aromatic N) is 4. The van der Waals surface area contributed by atoms with E-state index in [9.17, 15) is 0 Å². The van der Waals surface area contributed by atoms with Gasteiger partial charge < -0.3 is 4.42 Å². The second-order valence-electron chi connectivity index (χ2n) is 9.56. The van der Waals surface area contributed by atoms with Crippen molar-refractivity contribution in [2.75, 3.05) is 0 Å². The number of rotatable bonds is 2. The summed E-state index contributed by atoms with van der Waals surface area (Å²) in [4.78, 5) is 14.2. The number of para-hydroxylation sites is 1. The molecule has 0 aliphatic rings. The molecule has 6 rings (SSSR count). The molecule has 0 amide bonds. The third-order valence-corrected chi connectivity index (χ3v) is 6.16. The molecule has 162 valence electrons. The maximum Gasteiger partial charge on any atom is 0.227 e. The number of aryl methyl sites for hydroxylation is 1. The third-order valence-electron chi connectivity index (χ3n) is 6.16. The Morgan fingerprint density at radius 1 is 0.848 bits per heavy atom. The Bertz CT molecular complexity index is 1650. The highest BCUT2D eigenvalue weighted by molar-refractivity contribution is 6.04. The summed E-state index contributed by atoms with van der Waals surface area (Å²) < 4.78 is 8.10. The Labute approximate surface area is 191 Å². The highest BCUT2D eigenvalue weighted by Gasteiger charge is 2.19. The summed E-state index contributed by atoms with van der Waals surface area (Å²) in [5, 5.41) is 2.04. The summed E-state index contributed by atoms with van der Waals surface area (Å²) in [7, 11) is 0. The van der Waals surface area contributed by atoms with Crippen molar-refractivity contribution in [2.24, 2.45) is 0 Å². The molecule has 4 heterocycles. The highest BCUT2D eigenvalue weighted by Crippen LogP contribution is 2.34. The van der Waals surface area contributed by atoms with Crippen molar-refractivity contribution < 1.29 is 4.42 Å². The molecule has 33 heavy (non-hydrogen) atoms. The second kappa shape index (κ2) is 7.01. The first-order chi connectivity index (χ1) is 15.9. The molecule has 0 saturated heterocycles. The summed E-state index contributed by atoms with van der Waals surface area (Å²) in [5.41, 5.74) is 7.65. The first-order valence-corrected chi connectivity index (χ1v) is 11.1. The van der Waals surface area contributed by atoms with Gasteiger partial charge in [-0.3, -0.25) is 9.55 Å². The molecular formula is C28H24N4O. The summed E-state index contributed by atoms with van der Waals surface area (Å²) >= 11 is 0. The Morgan fingerprint density at radius 3 is 2.42 bits per heavy atom. The number of benzene rings is 2. The molecular weight excluding hydrogens is 408 g/mol. The van der Waals surface area contributed by atoms with Crippen LogP contribution < -0.4 is 0 Å². The van der Waals surface area contributed by atoms with Gasteiger partial charge in [0.1, 0.15) is 11.4 Å². The van der Waals surface area contributed by atoms with E-state index in [1.54, 1.807) is 0 Å². The molecule has 6 aromatic rings. The lowest BCUT2D eigenvalue weighted by Gasteiger charge is -2.19. The van der Waals surface area contributed by atoms with Gasteiger partial charge >= 0.3 is 0 Å². The zero-order valence-electron chi connectivity index (χ0n) is 19.1. The normalized spacial score (nSPS) is 12.2. The largest absolute Gasteiger partial charge is 0.438 e. The minimum Gasteiger partial charge on any atom is -0.438 e. The van der Waals surface area contributed by atoms with Crippen molar-refractivity contribution in [3.8, 4) is 17.1 Å². The predicted molar refractivity (Wildman–Crippen MR) is 133 cm³/mol. The van der Waals surface area contributed by atoms with Crippen molar-refractivity contribution in [3.63, 3.8) is 0 Å². The van der Waals surface area contributed by atoms with Crippen LogP contribution in [0.4, 0.5) is 0 Å². The smallest absolute Gasteiger partial charge is 0.227 e. The van der Waals surface area contributed by atoms with Crippen LogP contribution in [0.15, 0.2) is 77.5 Å². The number of furan rings is 1. The maximum atomic E-state index is 5.93. The lowest BCUT2D eigenvalue weighted by Crippen LogP contribution is -2.11. The van der Waals surface area contributed by atoms with Crippen LogP contribution in [0.25, 0.3) is 50.2 Å². The molecule has 0 aliphatic heterocycles. The zero-order chi connectivity index (χ0) is 22.7. The number of fused-ring (bicyclic) bond motifs is 4. The fourth-order valence-corrected chi connectivity index (χ4v) is 4.37. The molecule has 0 N–H and O–H groups in total. The molecule has 0 bridgehead atoms. The molecule has 0 saturated carbocycles. The van der Waals surface area contributed by atoms with Gasteiger partial charge in [0.2, 0.25) is 5.71 Å². The molecule has 0 aliphatic carbocycles. The van der Waals surface area contributed by atoms with Crippen LogP contribution in [0.1, 0.15) is 32.0 Å². The summed E-state index contributed by atoms with van der Waals surface area (Å²) in [5.74, 6) is 0.834. The summed E-state index contributed by atoms with van der Waals surface area (Å²) in [6, 6.07) is 20.9. The van der Waals surface area contributed by atoms with Gasteiger partial charge in [-0.25, -0.2) is 9.97 Å². The molecule has 0 atom stereocenters.